The van der Waals surface area contributed by atoms with Crippen LogP contribution in [0.1, 0.15) is 64.8 Å². The Balaban J connectivity index is 1.72. The molecule has 1 aliphatic rings. The van der Waals surface area contributed by atoms with E-state index in [9.17, 15) is 4.79 Å². The summed E-state index contributed by atoms with van der Waals surface area (Å²) in [7, 11) is -3.99. The summed E-state index contributed by atoms with van der Waals surface area (Å²) < 4.78 is 18.2. The van der Waals surface area contributed by atoms with E-state index in [1.165, 1.54) is 5.56 Å². The van der Waals surface area contributed by atoms with Crippen LogP contribution in [-0.2, 0) is 28.5 Å². The molecule has 2 aromatic rings. The summed E-state index contributed by atoms with van der Waals surface area (Å²) in [6.45, 7) is 21.9. The molecule has 182 valence electrons. The van der Waals surface area contributed by atoms with Crippen LogP contribution in [0.2, 0.25) is 36.3 Å². The lowest BCUT2D eigenvalue weighted by molar-refractivity contribution is -0.135. The summed E-state index contributed by atoms with van der Waals surface area (Å²) in [5.41, 5.74) is 4.32. The SMILES string of the molecule is CC(C)(C)[Si](C)(C)OC(=O)CCc1noc2c1CCc1cc(O[Si](C)(C)C(C)(C)C)ccc1-2. The van der Waals surface area contributed by atoms with Crippen molar-refractivity contribution in [3.63, 3.8) is 0 Å². The number of rotatable bonds is 6. The number of carbonyl (C=O) groups is 1. The van der Waals surface area contributed by atoms with Gasteiger partial charge in [-0.25, -0.2) is 0 Å². The predicted octanol–water partition coefficient (Wildman–Crippen LogP) is 7.31. The monoisotopic (exact) mass is 487 g/mol. The van der Waals surface area contributed by atoms with Crippen molar-refractivity contribution in [2.45, 2.75) is 103 Å². The summed E-state index contributed by atoms with van der Waals surface area (Å²) in [5.74, 6) is 1.64. The highest BCUT2D eigenvalue weighted by Gasteiger charge is 2.41. The molecule has 1 aromatic carbocycles. The molecule has 0 N–H and O–H groups in total. The summed E-state index contributed by atoms with van der Waals surface area (Å²) in [5, 5.41) is 4.49. The fourth-order valence-corrected chi connectivity index (χ4v) is 5.49. The molecule has 0 amide bonds. The largest absolute Gasteiger partial charge is 0.543 e. The molecule has 33 heavy (non-hydrogen) atoms. The first-order valence-corrected chi connectivity index (χ1v) is 17.8. The predicted molar refractivity (Wildman–Crippen MR) is 139 cm³/mol. The molecule has 0 spiro atoms. The van der Waals surface area contributed by atoms with Crippen molar-refractivity contribution < 1.29 is 18.2 Å². The quantitative estimate of drug-likeness (QED) is 0.400. The number of benzene rings is 1. The first kappa shape index (κ1) is 25.8. The minimum atomic E-state index is -2.10. The number of nitrogens with zero attached hydrogens (tertiary/aromatic N) is 1. The van der Waals surface area contributed by atoms with Gasteiger partial charge in [0.15, 0.2) is 5.76 Å². The van der Waals surface area contributed by atoms with Crippen molar-refractivity contribution in [3.05, 3.63) is 35.0 Å². The standard InChI is InChI=1S/C26H41NO4Si2/c1-25(2,3)32(7,8)30-19-12-14-20-18(17-19)11-13-21-22(27-29-24(20)21)15-16-23(28)31-33(9,10)26(4,5)6/h12,14,17H,11,13,15-16H2,1-10H3. The minimum Gasteiger partial charge on any atom is -0.543 e. The maximum atomic E-state index is 12.5. The summed E-state index contributed by atoms with van der Waals surface area (Å²) in [6.07, 6.45) is 2.66. The molecule has 0 saturated carbocycles. The first-order valence-electron chi connectivity index (χ1n) is 12.0. The Kier molecular flexibility index (Phi) is 6.81. The summed E-state index contributed by atoms with van der Waals surface area (Å²) in [6, 6.07) is 6.31. The Bertz CT molecular complexity index is 1030. The lowest BCUT2D eigenvalue weighted by Crippen LogP contribution is -2.43. The molecule has 0 aliphatic heterocycles. The van der Waals surface area contributed by atoms with Gasteiger partial charge in [-0.15, -0.1) is 0 Å². The van der Waals surface area contributed by atoms with E-state index in [-0.39, 0.29) is 16.0 Å². The first-order chi connectivity index (χ1) is 15.0. The number of hydrogen-bond acceptors (Lipinski definition) is 5. The van der Waals surface area contributed by atoms with Crippen LogP contribution in [0.5, 0.6) is 5.75 Å². The van der Waals surface area contributed by atoms with Gasteiger partial charge >= 0.3 is 0 Å². The average Bonchev–Trinajstić information content (AvgIpc) is 3.07. The smallest absolute Gasteiger partial charge is 0.292 e. The van der Waals surface area contributed by atoms with Gasteiger partial charge in [-0.2, -0.15) is 0 Å². The Morgan fingerprint density at radius 3 is 2.24 bits per heavy atom. The van der Waals surface area contributed by atoms with Crippen molar-refractivity contribution in [2.75, 3.05) is 0 Å². The maximum absolute atomic E-state index is 12.5. The lowest BCUT2D eigenvalue weighted by atomic mass is 9.89. The van der Waals surface area contributed by atoms with Gasteiger partial charge in [0.05, 0.1) is 5.69 Å². The van der Waals surface area contributed by atoms with Gasteiger partial charge in [0.2, 0.25) is 8.32 Å². The zero-order valence-corrected chi connectivity index (χ0v) is 24.1. The molecule has 0 unspecified atom stereocenters. The molecule has 0 saturated heterocycles. The molecule has 0 fully saturated rings. The Hall–Kier alpha value is -1.87. The van der Waals surface area contributed by atoms with Crippen LogP contribution in [0.25, 0.3) is 11.3 Å². The maximum Gasteiger partial charge on any atom is 0.292 e. The molecule has 5 nitrogen and oxygen atoms in total. The molecule has 0 atom stereocenters. The van der Waals surface area contributed by atoms with Gasteiger partial charge < -0.3 is 13.4 Å². The molecule has 7 heteroatoms. The molecular formula is C26H41NO4Si2. The van der Waals surface area contributed by atoms with Crippen molar-refractivity contribution in [1.29, 1.82) is 0 Å². The molecule has 0 bridgehead atoms. The van der Waals surface area contributed by atoms with Crippen molar-refractivity contribution >= 4 is 22.6 Å². The van der Waals surface area contributed by atoms with Gasteiger partial charge in [-0.3, -0.25) is 4.79 Å². The van der Waals surface area contributed by atoms with E-state index in [1.54, 1.807) is 0 Å². The van der Waals surface area contributed by atoms with Gasteiger partial charge in [0, 0.05) is 24.0 Å². The van der Waals surface area contributed by atoms with Crippen LogP contribution in [0, 0.1) is 0 Å². The normalized spacial score (nSPS) is 14.5. The van der Waals surface area contributed by atoms with E-state index < -0.39 is 16.6 Å². The third-order valence-corrected chi connectivity index (χ3v) is 16.5. The van der Waals surface area contributed by atoms with Gasteiger partial charge in [-0.05, 0) is 72.9 Å². The molecule has 1 heterocycles. The van der Waals surface area contributed by atoms with E-state index in [1.807, 2.05) is 6.07 Å². The number of hydrogen-bond donors (Lipinski definition) is 0. The Morgan fingerprint density at radius 2 is 1.64 bits per heavy atom. The Morgan fingerprint density at radius 1 is 1.00 bits per heavy atom. The van der Waals surface area contributed by atoms with E-state index in [0.717, 1.165) is 41.2 Å². The fraction of sp³-hybridized carbons (Fsp3) is 0.615. The molecule has 3 rings (SSSR count). The lowest BCUT2D eigenvalue weighted by Gasteiger charge is -2.36. The van der Waals surface area contributed by atoms with Crippen LogP contribution in [-0.4, -0.2) is 27.8 Å². The fourth-order valence-electron chi connectivity index (χ4n) is 3.49. The summed E-state index contributed by atoms with van der Waals surface area (Å²) >= 11 is 0. The van der Waals surface area contributed by atoms with E-state index in [2.05, 4.69) is 85.0 Å². The zero-order valence-electron chi connectivity index (χ0n) is 22.1. The average molecular weight is 488 g/mol. The Labute approximate surface area is 201 Å². The topological polar surface area (TPSA) is 61.6 Å². The van der Waals surface area contributed by atoms with Crippen LogP contribution >= 0.6 is 0 Å². The van der Waals surface area contributed by atoms with Crippen LogP contribution in [0.15, 0.2) is 22.7 Å². The number of aromatic nitrogens is 1. The second-order valence-corrected chi connectivity index (χ2v) is 21.8. The molecular weight excluding hydrogens is 446 g/mol. The zero-order chi connectivity index (χ0) is 24.8. The molecule has 1 aromatic heterocycles. The van der Waals surface area contributed by atoms with Crippen LogP contribution in [0.4, 0.5) is 0 Å². The number of carbonyl (C=O) groups excluding carboxylic acids is 1. The van der Waals surface area contributed by atoms with Crippen molar-refractivity contribution in [1.82, 2.24) is 5.16 Å². The van der Waals surface area contributed by atoms with E-state index >= 15 is 0 Å². The third kappa shape index (κ3) is 5.45. The summed E-state index contributed by atoms with van der Waals surface area (Å²) in [4.78, 5) is 12.5. The number of aryl methyl sites for hydroxylation is 2. The van der Waals surface area contributed by atoms with Gasteiger partial charge in [-0.1, -0.05) is 46.7 Å². The second-order valence-electron chi connectivity index (χ2n) is 12.4. The van der Waals surface area contributed by atoms with Crippen LogP contribution < -0.4 is 4.43 Å². The highest BCUT2D eigenvalue weighted by molar-refractivity contribution is 6.75. The van der Waals surface area contributed by atoms with E-state index in [0.29, 0.717) is 12.8 Å². The van der Waals surface area contributed by atoms with E-state index in [4.69, 9.17) is 13.4 Å². The third-order valence-electron chi connectivity index (χ3n) is 7.76. The van der Waals surface area contributed by atoms with Crippen molar-refractivity contribution in [3.8, 4) is 17.1 Å². The second kappa shape index (κ2) is 8.73. The highest BCUT2D eigenvalue weighted by Crippen LogP contribution is 2.41. The van der Waals surface area contributed by atoms with Gasteiger partial charge in [0.25, 0.3) is 14.3 Å². The van der Waals surface area contributed by atoms with Gasteiger partial charge in [0.1, 0.15) is 5.75 Å². The molecule has 1 aliphatic carbocycles. The number of fused-ring (bicyclic) bond motifs is 3. The molecule has 0 radical (unpaired) electrons. The minimum absolute atomic E-state index is 0.00652. The van der Waals surface area contributed by atoms with Crippen LogP contribution in [0.3, 0.4) is 0 Å². The van der Waals surface area contributed by atoms with Crippen molar-refractivity contribution in [2.24, 2.45) is 0 Å². The highest BCUT2D eigenvalue weighted by atomic mass is 28.4.